The second kappa shape index (κ2) is 4.31. The van der Waals surface area contributed by atoms with Gasteiger partial charge in [-0.25, -0.2) is 4.98 Å². The number of amides is 1. The number of fused-ring (bicyclic) bond motifs is 1. The summed E-state index contributed by atoms with van der Waals surface area (Å²) in [5.41, 5.74) is 4.05. The zero-order chi connectivity index (χ0) is 13.7. The van der Waals surface area contributed by atoms with Gasteiger partial charge in [0, 0.05) is 22.7 Å². The summed E-state index contributed by atoms with van der Waals surface area (Å²) in [6, 6.07) is 6.69. The Morgan fingerprint density at radius 3 is 3.05 bits per heavy atom. The highest BCUT2D eigenvalue weighted by Gasteiger charge is 2.27. The molecule has 20 heavy (non-hydrogen) atoms. The lowest BCUT2D eigenvalue weighted by Gasteiger charge is -2.04. The van der Waals surface area contributed by atoms with Crippen molar-refractivity contribution in [3.8, 4) is 11.3 Å². The maximum absolute atomic E-state index is 11.7. The smallest absolute Gasteiger partial charge is 0.231 e. The fourth-order valence-corrected chi connectivity index (χ4v) is 3.25. The summed E-state index contributed by atoms with van der Waals surface area (Å²) < 4.78 is 0. The van der Waals surface area contributed by atoms with Crippen molar-refractivity contribution in [3.05, 3.63) is 29.1 Å². The Hall–Kier alpha value is -1.88. The SMILES string of the molecule is C[C@@H]1C(=O)Nc2ccc(-c3csc(NC4CC4)n3)cc21. The molecule has 4 nitrogen and oxygen atoms in total. The van der Waals surface area contributed by atoms with Crippen molar-refractivity contribution in [1.29, 1.82) is 0 Å². The van der Waals surface area contributed by atoms with E-state index in [1.807, 2.05) is 19.1 Å². The Kier molecular flexibility index (Phi) is 2.57. The molecule has 0 saturated heterocycles. The van der Waals surface area contributed by atoms with Gasteiger partial charge in [0.25, 0.3) is 0 Å². The highest BCUT2D eigenvalue weighted by molar-refractivity contribution is 7.14. The molecule has 1 fully saturated rings. The molecular formula is C15H15N3OS. The number of nitrogens with zero attached hydrogens (tertiary/aromatic N) is 1. The van der Waals surface area contributed by atoms with Crippen LogP contribution in [0.1, 0.15) is 31.2 Å². The molecule has 0 spiro atoms. The van der Waals surface area contributed by atoms with E-state index in [4.69, 9.17) is 0 Å². The molecule has 1 aliphatic carbocycles. The van der Waals surface area contributed by atoms with E-state index in [-0.39, 0.29) is 11.8 Å². The number of rotatable bonds is 3. The summed E-state index contributed by atoms with van der Waals surface area (Å²) in [6.45, 7) is 1.94. The van der Waals surface area contributed by atoms with E-state index in [2.05, 4.69) is 27.1 Å². The molecule has 1 aliphatic heterocycles. The van der Waals surface area contributed by atoms with Gasteiger partial charge in [-0.15, -0.1) is 11.3 Å². The number of anilines is 2. The average Bonchev–Trinajstić information content (AvgIpc) is 3.05. The van der Waals surface area contributed by atoms with E-state index in [9.17, 15) is 4.79 Å². The van der Waals surface area contributed by atoms with Crippen LogP contribution in [0.25, 0.3) is 11.3 Å². The van der Waals surface area contributed by atoms with E-state index >= 15 is 0 Å². The van der Waals surface area contributed by atoms with Crippen molar-refractivity contribution >= 4 is 28.1 Å². The Morgan fingerprint density at radius 2 is 2.25 bits per heavy atom. The van der Waals surface area contributed by atoms with Gasteiger partial charge in [0.2, 0.25) is 5.91 Å². The first-order valence-corrected chi connectivity index (χ1v) is 7.76. The van der Waals surface area contributed by atoms with Gasteiger partial charge >= 0.3 is 0 Å². The van der Waals surface area contributed by atoms with Crippen molar-refractivity contribution in [2.45, 2.75) is 31.7 Å². The summed E-state index contributed by atoms with van der Waals surface area (Å²) in [6.07, 6.45) is 2.50. The van der Waals surface area contributed by atoms with E-state index in [1.165, 1.54) is 12.8 Å². The van der Waals surface area contributed by atoms with Crippen molar-refractivity contribution in [3.63, 3.8) is 0 Å². The van der Waals surface area contributed by atoms with Gasteiger partial charge in [0.05, 0.1) is 11.6 Å². The van der Waals surface area contributed by atoms with Crippen LogP contribution in [-0.4, -0.2) is 16.9 Å². The van der Waals surface area contributed by atoms with Gasteiger partial charge in [-0.2, -0.15) is 0 Å². The molecule has 2 N–H and O–H groups in total. The standard InChI is InChI=1S/C15H15N3OS/c1-8-11-6-9(2-5-12(11)17-14(8)19)13-7-20-15(18-13)16-10-3-4-10/h2,5-8,10H,3-4H2,1H3,(H,16,18)(H,17,19)/t8-/m0/s1. The van der Waals surface area contributed by atoms with Crippen LogP contribution >= 0.6 is 11.3 Å². The molecule has 4 rings (SSSR count). The molecule has 1 amide bonds. The minimum absolute atomic E-state index is 0.0755. The lowest BCUT2D eigenvalue weighted by atomic mass is 10.00. The minimum atomic E-state index is -0.0763. The van der Waals surface area contributed by atoms with Crippen molar-refractivity contribution < 1.29 is 4.79 Å². The van der Waals surface area contributed by atoms with Gasteiger partial charge in [0.1, 0.15) is 0 Å². The summed E-state index contributed by atoms with van der Waals surface area (Å²) in [5.74, 6) is -0.000776. The third-order valence-electron chi connectivity index (χ3n) is 3.87. The monoisotopic (exact) mass is 285 g/mol. The predicted molar refractivity (Wildman–Crippen MR) is 81.2 cm³/mol. The van der Waals surface area contributed by atoms with Crippen LogP contribution in [0.4, 0.5) is 10.8 Å². The minimum Gasteiger partial charge on any atom is -0.359 e. The van der Waals surface area contributed by atoms with Crippen LogP contribution in [0, 0.1) is 0 Å². The first kappa shape index (κ1) is 11.9. The van der Waals surface area contributed by atoms with Crippen LogP contribution in [0.5, 0.6) is 0 Å². The molecule has 0 unspecified atom stereocenters. The van der Waals surface area contributed by atoms with E-state index in [0.29, 0.717) is 6.04 Å². The van der Waals surface area contributed by atoms with Crippen LogP contribution in [0.15, 0.2) is 23.6 Å². The average molecular weight is 285 g/mol. The van der Waals surface area contributed by atoms with Crippen LogP contribution in [-0.2, 0) is 4.79 Å². The number of aromatic nitrogens is 1. The first-order valence-electron chi connectivity index (χ1n) is 6.88. The fourth-order valence-electron chi connectivity index (χ4n) is 2.45. The molecule has 0 radical (unpaired) electrons. The molecule has 0 bridgehead atoms. The molecule has 2 aromatic rings. The zero-order valence-corrected chi connectivity index (χ0v) is 12.0. The molecule has 1 saturated carbocycles. The Bertz CT molecular complexity index is 690. The maximum Gasteiger partial charge on any atom is 0.231 e. The van der Waals surface area contributed by atoms with Crippen molar-refractivity contribution in [2.75, 3.05) is 10.6 Å². The molecule has 1 atom stereocenters. The number of carbonyl (C=O) groups excluding carboxylic acids is 1. The highest BCUT2D eigenvalue weighted by Crippen LogP contribution is 2.36. The highest BCUT2D eigenvalue weighted by atomic mass is 32.1. The Morgan fingerprint density at radius 1 is 1.40 bits per heavy atom. The zero-order valence-electron chi connectivity index (χ0n) is 11.1. The maximum atomic E-state index is 11.7. The second-order valence-electron chi connectivity index (χ2n) is 5.47. The van der Waals surface area contributed by atoms with Gasteiger partial charge in [-0.3, -0.25) is 4.79 Å². The summed E-state index contributed by atoms with van der Waals surface area (Å²) in [4.78, 5) is 16.3. The van der Waals surface area contributed by atoms with Gasteiger partial charge in [0.15, 0.2) is 5.13 Å². The topological polar surface area (TPSA) is 54.0 Å². The molecule has 102 valence electrons. The number of hydrogen-bond donors (Lipinski definition) is 2. The first-order chi connectivity index (χ1) is 9.70. The van der Waals surface area contributed by atoms with Gasteiger partial charge in [-0.1, -0.05) is 6.07 Å². The molecule has 5 heteroatoms. The molecule has 2 aliphatic rings. The lowest BCUT2D eigenvalue weighted by Crippen LogP contribution is -2.08. The Balaban J connectivity index is 1.65. The number of carbonyl (C=O) groups is 1. The van der Waals surface area contributed by atoms with Crippen molar-refractivity contribution in [2.24, 2.45) is 0 Å². The van der Waals surface area contributed by atoms with Crippen LogP contribution in [0.3, 0.4) is 0 Å². The number of nitrogens with one attached hydrogen (secondary N) is 2. The molecule has 2 heterocycles. The van der Waals surface area contributed by atoms with E-state index in [0.717, 1.165) is 27.6 Å². The normalized spacial score (nSPS) is 20.6. The number of hydrogen-bond acceptors (Lipinski definition) is 4. The summed E-state index contributed by atoms with van der Waals surface area (Å²) in [5, 5.41) is 9.37. The quantitative estimate of drug-likeness (QED) is 0.908. The largest absolute Gasteiger partial charge is 0.359 e. The van der Waals surface area contributed by atoms with Crippen molar-refractivity contribution in [1.82, 2.24) is 4.98 Å². The summed E-state index contributed by atoms with van der Waals surface area (Å²) >= 11 is 1.64. The predicted octanol–water partition coefficient (Wildman–Crippen LogP) is 3.44. The lowest BCUT2D eigenvalue weighted by molar-refractivity contribution is -0.116. The van der Waals surface area contributed by atoms with Gasteiger partial charge in [-0.05, 0) is 37.5 Å². The summed E-state index contributed by atoms with van der Waals surface area (Å²) in [7, 11) is 0. The van der Waals surface area contributed by atoms with E-state index in [1.54, 1.807) is 11.3 Å². The Labute approximate surface area is 121 Å². The molecule has 1 aromatic carbocycles. The molecular weight excluding hydrogens is 270 g/mol. The fraction of sp³-hybridized carbons (Fsp3) is 0.333. The van der Waals surface area contributed by atoms with E-state index < -0.39 is 0 Å². The third kappa shape index (κ3) is 1.98. The van der Waals surface area contributed by atoms with Gasteiger partial charge < -0.3 is 10.6 Å². The second-order valence-corrected chi connectivity index (χ2v) is 6.33. The third-order valence-corrected chi connectivity index (χ3v) is 4.65. The number of benzene rings is 1. The van der Waals surface area contributed by atoms with Crippen LogP contribution < -0.4 is 10.6 Å². The number of thiazole rings is 1. The van der Waals surface area contributed by atoms with Crippen LogP contribution in [0.2, 0.25) is 0 Å². The molecule has 1 aromatic heterocycles.